The molecule has 35 heavy (non-hydrogen) atoms. The van der Waals surface area contributed by atoms with E-state index in [2.05, 4.69) is 0 Å². The number of hydrogen-bond donors (Lipinski definition) is 0. The van der Waals surface area contributed by atoms with Crippen LogP contribution < -0.4 is 4.18 Å². The number of esters is 1. The van der Waals surface area contributed by atoms with Crippen LogP contribution in [0.3, 0.4) is 0 Å². The number of nitrogens with zero attached hydrogens (tertiary/aromatic N) is 1. The average molecular weight is 498 g/mol. The summed E-state index contributed by atoms with van der Waals surface area (Å²) in [6.45, 7) is 1.80. The third-order valence-electron chi connectivity index (χ3n) is 5.51. The van der Waals surface area contributed by atoms with Crippen molar-refractivity contribution in [2.24, 2.45) is 5.92 Å². The summed E-state index contributed by atoms with van der Waals surface area (Å²) < 4.78 is 40.3. The molecule has 0 aliphatic carbocycles. The Morgan fingerprint density at radius 2 is 1.77 bits per heavy atom. The lowest BCUT2D eigenvalue weighted by molar-refractivity contribution is -0.147. The van der Waals surface area contributed by atoms with Gasteiger partial charge in [0.1, 0.15) is 16.4 Å². The van der Waals surface area contributed by atoms with Gasteiger partial charge in [-0.2, -0.15) is 8.42 Å². The van der Waals surface area contributed by atoms with Crippen molar-refractivity contribution in [2.75, 3.05) is 13.2 Å². The molecule has 0 bridgehead atoms. The zero-order valence-corrected chi connectivity index (χ0v) is 19.7. The van der Waals surface area contributed by atoms with Crippen molar-refractivity contribution in [2.45, 2.75) is 24.8 Å². The number of ketones is 1. The van der Waals surface area contributed by atoms with E-state index in [0.29, 0.717) is 5.76 Å². The molecular formula is C25H23NO8S. The number of rotatable bonds is 9. The average Bonchev–Trinajstić information content (AvgIpc) is 3.48. The van der Waals surface area contributed by atoms with Gasteiger partial charge in [0, 0.05) is 18.5 Å². The molecule has 0 saturated carbocycles. The van der Waals surface area contributed by atoms with Gasteiger partial charge in [0.2, 0.25) is 5.91 Å². The fraction of sp³-hybridized carbons (Fsp3) is 0.240. The molecule has 3 aromatic rings. The van der Waals surface area contributed by atoms with Gasteiger partial charge >= 0.3 is 16.1 Å². The molecule has 0 N–H and O–H groups in total. The van der Waals surface area contributed by atoms with Crippen molar-refractivity contribution in [1.29, 1.82) is 0 Å². The first kappa shape index (κ1) is 24.2. The molecule has 1 fully saturated rings. The van der Waals surface area contributed by atoms with Gasteiger partial charge in [-0.05, 0) is 55.5 Å². The third kappa shape index (κ3) is 5.96. The summed E-state index contributed by atoms with van der Waals surface area (Å²) >= 11 is 0. The molecule has 1 saturated heterocycles. The normalized spacial score (nSPS) is 15.7. The first-order chi connectivity index (χ1) is 16.7. The fourth-order valence-electron chi connectivity index (χ4n) is 3.59. The van der Waals surface area contributed by atoms with Gasteiger partial charge in [-0.25, -0.2) is 0 Å². The quantitative estimate of drug-likeness (QED) is 0.251. The van der Waals surface area contributed by atoms with Crippen LogP contribution in [-0.2, 0) is 31.0 Å². The highest BCUT2D eigenvalue weighted by molar-refractivity contribution is 7.87. The van der Waals surface area contributed by atoms with Crippen LogP contribution in [0.4, 0.5) is 0 Å². The molecule has 0 unspecified atom stereocenters. The topological polar surface area (TPSA) is 120 Å². The molecule has 2 aromatic carbocycles. The van der Waals surface area contributed by atoms with Crippen molar-refractivity contribution in [3.63, 3.8) is 0 Å². The first-order valence-corrected chi connectivity index (χ1v) is 12.2. The second kappa shape index (κ2) is 10.1. The van der Waals surface area contributed by atoms with Crippen LogP contribution in [0.25, 0.3) is 0 Å². The summed E-state index contributed by atoms with van der Waals surface area (Å²) in [5, 5.41) is 0. The lowest BCUT2D eigenvalue weighted by Crippen LogP contribution is -2.27. The van der Waals surface area contributed by atoms with E-state index < -0.39 is 34.4 Å². The number of ether oxygens (including phenoxy) is 1. The third-order valence-corrected chi connectivity index (χ3v) is 6.77. The molecule has 1 amide bonds. The maximum atomic E-state index is 12.4. The summed E-state index contributed by atoms with van der Waals surface area (Å²) in [5.41, 5.74) is 1.14. The molecule has 4 rings (SSSR count). The van der Waals surface area contributed by atoms with Crippen molar-refractivity contribution in [3.05, 3.63) is 83.8 Å². The minimum absolute atomic E-state index is 0.00915. The van der Waals surface area contributed by atoms with E-state index >= 15 is 0 Å². The van der Waals surface area contributed by atoms with E-state index in [9.17, 15) is 22.8 Å². The summed E-state index contributed by atoms with van der Waals surface area (Å²) in [5.74, 6) is -1.29. The molecule has 10 heteroatoms. The largest absolute Gasteiger partial charge is 0.467 e. The number of benzene rings is 2. The molecule has 1 atom stereocenters. The number of carbonyl (C=O) groups is 3. The highest BCUT2D eigenvalue weighted by Crippen LogP contribution is 2.22. The van der Waals surface area contributed by atoms with Crippen LogP contribution in [0.5, 0.6) is 5.75 Å². The lowest BCUT2D eigenvalue weighted by Gasteiger charge is -2.14. The SMILES string of the molecule is Cc1ccc(S(=O)(=O)Oc2ccc(C(=O)COC(=O)[C@H]3CC(=O)N(Cc4ccco4)C3)cc2)cc1. The van der Waals surface area contributed by atoms with E-state index in [4.69, 9.17) is 13.3 Å². The van der Waals surface area contributed by atoms with Crippen LogP contribution in [0.1, 0.15) is 28.1 Å². The number of carbonyl (C=O) groups excluding carboxylic acids is 3. The van der Waals surface area contributed by atoms with Gasteiger partial charge in [0.05, 0.1) is 18.7 Å². The zero-order chi connectivity index (χ0) is 25.0. The molecule has 1 aromatic heterocycles. The van der Waals surface area contributed by atoms with Gasteiger partial charge in [0.25, 0.3) is 0 Å². The standard InChI is InChI=1S/C25H23NO8S/c1-17-4-10-22(11-5-17)35(30,31)34-20-8-6-18(7-9-20)23(27)16-33-25(29)19-13-24(28)26(14-19)15-21-3-2-12-32-21/h2-12,19H,13-16H2,1H3/t19-/m0/s1. The minimum atomic E-state index is -4.01. The number of amides is 1. The van der Waals surface area contributed by atoms with Crippen molar-refractivity contribution < 1.29 is 36.1 Å². The van der Waals surface area contributed by atoms with E-state index in [1.54, 1.807) is 24.3 Å². The summed E-state index contributed by atoms with van der Waals surface area (Å²) in [6, 6.07) is 15.2. The molecule has 1 aliphatic heterocycles. The van der Waals surface area contributed by atoms with Crippen LogP contribution in [0.15, 0.2) is 76.2 Å². The van der Waals surface area contributed by atoms with Crippen LogP contribution in [0.2, 0.25) is 0 Å². The van der Waals surface area contributed by atoms with E-state index in [1.807, 2.05) is 6.92 Å². The summed E-state index contributed by atoms with van der Waals surface area (Å²) in [7, 11) is -4.01. The van der Waals surface area contributed by atoms with Gasteiger partial charge in [-0.1, -0.05) is 17.7 Å². The van der Waals surface area contributed by atoms with Gasteiger partial charge in [0.15, 0.2) is 12.4 Å². The second-order valence-electron chi connectivity index (χ2n) is 8.16. The monoisotopic (exact) mass is 497 g/mol. The Morgan fingerprint density at radius 1 is 1.06 bits per heavy atom. The molecule has 1 aliphatic rings. The Labute approximate surface area is 202 Å². The number of Topliss-reactive ketones (excluding diaryl/α,β-unsaturated/α-hetero) is 1. The summed E-state index contributed by atoms with van der Waals surface area (Å²) in [6.07, 6.45) is 1.52. The lowest BCUT2D eigenvalue weighted by atomic mass is 10.1. The Balaban J connectivity index is 1.29. The highest BCUT2D eigenvalue weighted by atomic mass is 32.2. The summed E-state index contributed by atoms with van der Waals surface area (Å²) in [4.78, 5) is 38.5. The minimum Gasteiger partial charge on any atom is -0.467 e. The van der Waals surface area contributed by atoms with Gasteiger partial charge in [-0.3, -0.25) is 14.4 Å². The van der Waals surface area contributed by atoms with Crippen LogP contribution in [-0.4, -0.2) is 44.1 Å². The van der Waals surface area contributed by atoms with Crippen molar-refractivity contribution in [1.82, 2.24) is 4.90 Å². The molecule has 0 radical (unpaired) electrons. The molecule has 2 heterocycles. The number of furan rings is 1. The van der Waals surface area contributed by atoms with E-state index in [-0.39, 0.29) is 41.6 Å². The predicted molar refractivity (Wildman–Crippen MR) is 123 cm³/mol. The number of likely N-dealkylation sites (tertiary alicyclic amines) is 1. The Morgan fingerprint density at radius 3 is 2.43 bits per heavy atom. The van der Waals surface area contributed by atoms with Gasteiger partial charge in [-0.15, -0.1) is 0 Å². The highest BCUT2D eigenvalue weighted by Gasteiger charge is 2.36. The second-order valence-corrected chi connectivity index (χ2v) is 9.71. The van der Waals surface area contributed by atoms with Gasteiger partial charge < -0.3 is 18.2 Å². The first-order valence-electron chi connectivity index (χ1n) is 10.8. The number of aryl methyl sites for hydroxylation is 1. The van der Waals surface area contributed by atoms with Crippen molar-refractivity contribution >= 4 is 27.8 Å². The molecule has 9 nitrogen and oxygen atoms in total. The predicted octanol–water partition coefficient (Wildman–Crippen LogP) is 3.13. The van der Waals surface area contributed by atoms with Crippen LogP contribution >= 0.6 is 0 Å². The Bertz CT molecular complexity index is 1310. The number of hydrogen-bond acceptors (Lipinski definition) is 8. The Kier molecular flexibility index (Phi) is 7.02. The molecule has 182 valence electrons. The van der Waals surface area contributed by atoms with E-state index in [1.165, 1.54) is 47.6 Å². The van der Waals surface area contributed by atoms with E-state index in [0.717, 1.165) is 5.56 Å². The smallest absolute Gasteiger partial charge is 0.339 e. The molecule has 0 spiro atoms. The fourth-order valence-corrected chi connectivity index (χ4v) is 4.52. The maximum absolute atomic E-state index is 12.4. The Hall–Kier alpha value is -3.92. The van der Waals surface area contributed by atoms with Crippen molar-refractivity contribution in [3.8, 4) is 5.75 Å². The maximum Gasteiger partial charge on any atom is 0.339 e. The van der Waals surface area contributed by atoms with Crippen LogP contribution in [0, 0.1) is 12.8 Å². The zero-order valence-electron chi connectivity index (χ0n) is 18.9. The molecular weight excluding hydrogens is 474 g/mol.